The van der Waals surface area contributed by atoms with Crippen molar-refractivity contribution in [1.29, 1.82) is 0 Å². The van der Waals surface area contributed by atoms with Gasteiger partial charge in [0.1, 0.15) is 5.82 Å². The molecule has 0 atom stereocenters. The van der Waals surface area contributed by atoms with Crippen LogP contribution in [0.4, 0.5) is 4.39 Å². The fourth-order valence-electron chi connectivity index (χ4n) is 2.38. The standard InChI is InChI=1S/C17H13FN6OS/c1-24-16(11-5-7-19-8-6-11)21-22-17(24)26-10-14-20-15(23-25-14)12-3-2-4-13(18)9-12/h2-9H,10H2,1H3. The second-order valence-electron chi connectivity index (χ2n) is 5.41. The quantitative estimate of drug-likeness (QED) is 0.500. The summed E-state index contributed by atoms with van der Waals surface area (Å²) in [5.41, 5.74) is 1.51. The van der Waals surface area contributed by atoms with Crippen LogP contribution in [0.15, 0.2) is 58.5 Å². The predicted octanol–water partition coefficient (Wildman–Crippen LogP) is 3.36. The summed E-state index contributed by atoms with van der Waals surface area (Å²) in [6.07, 6.45) is 3.42. The molecule has 0 aliphatic carbocycles. The van der Waals surface area contributed by atoms with Gasteiger partial charge < -0.3 is 9.09 Å². The van der Waals surface area contributed by atoms with Crippen LogP contribution in [-0.4, -0.2) is 29.9 Å². The summed E-state index contributed by atoms with van der Waals surface area (Å²) in [6, 6.07) is 9.83. The summed E-state index contributed by atoms with van der Waals surface area (Å²) >= 11 is 1.43. The first-order valence-electron chi connectivity index (χ1n) is 7.72. The lowest BCUT2D eigenvalue weighted by Crippen LogP contribution is -1.95. The summed E-state index contributed by atoms with van der Waals surface area (Å²) in [7, 11) is 1.89. The van der Waals surface area contributed by atoms with Crippen molar-refractivity contribution in [1.82, 2.24) is 29.9 Å². The van der Waals surface area contributed by atoms with Crippen molar-refractivity contribution < 1.29 is 8.91 Å². The third-order valence-electron chi connectivity index (χ3n) is 3.65. The smallest absolute Gasteiger partial charge is 0.237 e. The molecular weight excluding hydrogens is 355 g/mol. The summed E-state index contributed by atoms with van der Waals surface area (Å²) in [5, 5.41) is 13.0. The normalized spacial score (nSPS) is 11.0. The minimum atomic E-state index is -0.342. The summed E-state index contributed by atoms with van der Waals surface area (Å²) in [6.45, 7) is 0. The minimum absolute atomic E-state index is 0.342. The van der Waals surface area contributed by atoms with Gasteiger partial charge in [0, 0.05) is 30.6 Å². The summed E-state index contributed by atoms with van der Waals surface area (Å²) in [4.78, 5) is 8.30. The molecule has 0 radical (unpaired) electrons. The van der Waals surface area contributed by atoms with E-state index in [4.69, 9.17) is 4.52 Å². The molecule has 0 saturated heterocycles. The Labute approximate surface area is 152 Å². The van der Waals surface area contributed by atoms with E-state index in [1.165, 1.54) is 23.9 Å². The maximum atomic E-state index is 13.3. The molecule has 0 fully saturated rings. The number of pyridine rings is 1. The number of rotatable bonds is 5. The molecule has 3 aromatic heterocycles. The first-order chi connectivity index (χ1) is 12.7. The highest BCUT2D eigenvalue weighted by Crippen LogP contribution is 2.25. The molecule has 9 heteroatoms. The highest BCUT2D eigenvalue weighted by molar-refractivity contribution is 7.98. The van der Waals surface area contributed by atoms with Crippen LogP contribution < -0.4 is 0 Å². The van der Waals surface area contributed by atoms with E-state index in [0.717, 1.165) is 16.5 Å². The lowest BCUT2D eigenvalue weighted by Gasteiger charge is -2.02. The van der Waals surface area contributed by atoms with Gasteiger partial charge in [0.05, 0.1) is 5.75 Å². The number of aromatic nitrogens is 6. The number of nitrogens with zero attached hydrogens (tertiary/aromatic N) is 6. The molecule has 130 valence electrons. The van der Waals surface area contributed by atoms with Crippen molar-refractivity contribution in [3.8, 4) is 22.8 Å². The van der Waals surface area contributed by atoms with Gasteiger partial charge in [-0.05, 0) is 24.3 Å². The van der Waals surface area contributed by atoms with Gasteiger partial charge in [-0.1, -0.05) is 29.1 Å². The molecule has 0 amide bonds. The van der Waals surface area contributed by atoms with Crippen LogP contribution in [0, 0.1) is 5.82 Å². The SMILES string of the molecule is Cn1c(SCc2nc(-c3cccc(F)c3)no2)nnc1-c1ccncc1. The number of benzene rings is 1. The van der Waals surface area contributed by atoms with Crippen LogP contribution in [0.25, 0.3) is 22.8 Å². The van der Waals surface area contributed by atoms with Crippen molar-refractivity contribution in [2.24, 2.45) is 7.05 Å². The van der Waals surface area contributed by atoms with Crippen LogP contribution in [0.3, 0.4) is 0 Å². The first-order valence-corrected chi connectivity index (χ1v) is 8.70. The highest BCUT2D eigenvalue weighted by Gasteiger charge is 2.14. The van der Waals surface area contributed by atoms with Crippen molar-refractivity contribution >= 4 is 11.8 Å². The van der Waals surface area contributed by atoms with Crippen LogP contribution in [-0.2, 0) is 12.8 Å². The molecule has 7 nitrogen and oxygen atoms in total. The monoisotopic (exact) mass is 368 g/mol. The van der Waals surface area contributed by atoms with Gasteiger partial charge in [0.15, 0.2) is 11.0 Å². The van der Waals surface area contributed by atoms with Gasteiger partial charge in [-0.3, -0.25) is 4.98 Å². The van der Waals surface area contributed by atoms with Gasteiger partial charge >= 0.3 is 0 Å². The van der Waals surface area contributed by atoms with E-state index in [2.05, 4.69) is 25.3 Å². The first kappa shape index (κ1) is 16.4. The van der Waals surface area contributed by atoms with Crippen molar-refractivity contribution in [3.63, 3.8) is 0 Å². The molecule has 0 N–H and O–H groups in total. The van der Waals surface area contributed by atoms with Gasteiger partial charge in [-0.2, -0.15) is 4.98 Å². The molecule has 0 aliphatic rings. The van der Waals surface area contributed by atoms with Crippen molar-refractivity contribution in [3.05, 3.63) is 60.5 Å². The van der Waals surface area contributed by atoms with E-state index < -0.39 is 0 Å². The lowest BCUT2D eigenvalue weighted by molar-refractivity contribution is 0.391. The van der Waals surface area contributed by atoms with Gasteiger partial charge in [-0.25, -0.2) is 4.39 Å². The molecular formula is C17H13FN6OS. The molecule has 1 aromatic carbocycles. The Morgan fingerprint density at radius 1 is 1.12 bits per heavy atom. The van der Waals surface area contributed by atoms with E-state index in [1.807, 2.05) is 23.7 Å². The second-order valence-corrected chi connectivity index (χ2v) is 6.35. The molecule has 3 heterocycles. The van der Waals surface area contributed by atoms with Crippen LogP contribution in [0.2, 0.25) is 0 Å². The Hall–Kier alpha value is -3.07. The summed E-state index contributed by atoms with van der Waals surface area (Å²) < 4.78 is 20.4. The van der Waals surface area contributed by atoms with Gasteiger partial charge in [-0.15, -0.1) is 10.2 Å². The zero-order valence-corrected chi connectivity index (χ0v) is 14.5. The van der Waals surface area contributed by atoms with Crippen molar-refractivity contribution in [2.45, 2.75) is 10.9 Å². The fourth-order valence-corrected chi connectivity index (χ4v) is 3.13. The van der Waals surface area contributed by atoms with E-state index in [9.17, 15) is 4.39 Å². The molecule has 4 rings (SSSR count). The number of thioether (sulfide) groups is 1. The van der Waals surface area contributed by atoms with Gasteiger partial charge in [0.25, 0.3) is 0 Å². The predicted molar refractivity (Wildman–Crippen MR) is 93.5 cm³/mol. The largest absolute Gasteiger partial charge is 0.338 e. The number of halogens is 1. The molecule has 0 saturated carbocycles. The van der Waals surface area contributed by atoms with Crippen LogP contribution in [0.5, 0.6) is 0 Å². The molecule has 0 unspecified atom stereocenters. The van der Waals surface area contributed by atoms with E-state index in [-0.39, 0.29) is 5.82 Å². The topological polar surface area (TPSA) is 82.5 Å². The Bertz CT molecular complexity index is 1030. The zero-order chi connectivity index (χ0) is 17.9. The Kier molecular flexibility index (Phi) is 4.44. The average Bonchev–Trinajstić information content (AvgIpc) is 3.28. The van der Waals surface area contributed by atoms with Crippen LogP contribution >= 0.6 is 11.8 Å². The Balaban J connectivity index is 1.48. The molecule has 0 aliphatic heterocycles. The fraction of sp³-hybridized carbons (Fsp3) is 0.118. The third-order valence-corrected chi connectivity index (χ3v) is 4.65. The molecule has 4 aromatic rings. The Morgan fingerprint density at radius 2 is 1.96 bits per heavy atom. The van der Waals surface area contributed by atoms with Crippen molar-refractivity contribution in [2.75, 3.05) is 0 Å². The van der Waals surface area contributed by atoms with E-state index >= 15 is 0 Å². The maximum absolute atomic E-state index is 13.3. The Morgan fingerprint density at radius 3 is 2.77 bits per heavy atom. The minimum Gasteiger partial charge on any atom is -0.338 e. The lowest BCUT2D eigenvalue weighted by atomic mass is 10.2. The average molecular weight is 368 g/mol. The molecule has 0 bridgehead atoms. The zero-order valence-electron chi connectivity index (χ0n) is 13.7. The number of hydrogen-bond donors (Lipinski definition) is 0. The molecule has 0 spiro atoms. The molecule has 26 heavy (non-hydrogen) atoms. The third kappa shape index (κ3) is 3.33. The van der Waals surface area contributed by atoms with E-state index in [1.54, 1.807) is 24.5 Å². The highest BCUT2D eigenvalue weighted by atomic mass is 32.2. The van der Waals surface area contributed by atoms with Crippen LogP contribution in [0.1, 0.15) is 5.89 Å². The van der Waals surface area contributed by atoms with Gasteiger partial charge in [0.2, 0.25) is 11.7 Å². The maximum Gasteiger partial charge on any atom is 0.237 e. The van der Waals surface area contributed by atoms with E-state index in [0.29, 0.717) is 23.0 Å². The second kappa shape index (κ2) is 7.04. The summed E-state index contributed by atoms with van der Waals surface area (Å²) in [5.74, 6) is 1.63. The number of hydrogen-bond acceptors (Lipinski definition) is 7.